The second-order valence-corrected chi connectivity index (χ2v) is 4.48. The van der Waals surface area contributed by atoms with E-state index in [-0.39, 0.29) is 5.91 Å². The average molecular weight is 270 g/mol. The first-order valence-corrected chi connectivity index (χ1v) is 6.37. The fourth-order valence-electron chi connectivity index (χ4n) is 1.99. The van der Waals surface area contributed by atoms with Crippen molar-refractivity contribution in [3.05, 3.63) is 47.8 Å². The molecular formula is C15H14N2O3. The monoisotopic (exact) mass is 270 g/mol. The van der Waals surface area contributed by atoms with Gasteiger partial charge in [0.2, 0.25) is 0 Å². The summed E-state index contributed by atoms with van der Waals surface area (Å²) in [5.41, 5.74) is 1.85. The number of rotatable bonds is 2. The molecule has 1 aliphatic heterocycles. The number of hydrogen-bond donors (Lipinski definition) is 1. The molecule has 0 spiro atoms. The molecule has 0 aliphatic carbocycles. The van der Waals surface area contributed by atoms with Crippen molar-refractivity contribution >= 4 is 11.6 Å². The standard InChI is InChI=1S/C15H14N2O3/c1-10-3-2-4-12(16-10)15(18)17-11-5-6-13-14(9-11)20-8-7-19-13/h2-6,9H,7-8H2,1H3,(H,17,18). The Bertz CT molecular complexity index is 655. The van der Waals surface area contributed by atoms with E-state index >= 15 is 0 Å². The second-order valence-electron chi connectivity index (χ2n) is 4.48. The highest BCUT2D eigenvalue weighted by molar-refractivity contribution is 6.03. The molecule has 5 nitrogen and oxygen atoms in total. The molecule has 0 saturated carbocycles. The van der Waals surface area contributed by atoms with Crippen molar-refractivity contribution in [2.24, 2.45) is 0 Å². The Kier molecular flexibility index (Phi) is 3.25. The smallest absolute Gasteiger partial charge is 0.274 e. The van der Waals surface area contributed by atoms with Gasteiger partial charge in [-0.1, -0.05) is 6.07 Å². The van der Waals surface area contributed by atoms with Crippen LogP contribution in [0.3, 0.4) is 0 Å². The van der Waals surface area contributed by atoms with Crippen LogP contribution in [-0.4, -0.2) is 24.1 Å². The minimum absolute atomic E-state index is 0.245. The summed E-state index contributed by atoms with van der Waals surface area (Å²) < 4.78 is 10.9. The van der Waals surface area contributed by atoms with Gasteiger partial charge >= 0.3 is 0 Å². The third kappa shape index (κ3) is 2.56. The molecule has 1 N–H and O–H groups in total. The van der Waals surface area contributed by atoms with Crippen LogP contribution in [0.4, 0.5) is 5.69 Å². The Balaban J connectivity index is 1.79. The van der Waals surface area contributed by atoms with Gasteiger partial charge in [-0.05, 0) is 31.2 Å². The Hall–Kier alpha value is -2.56. The molecule has 1 aromatic heterocycles. The lowest BCUT2D eigenvalue weighted by Gasteiger charge is -2.18. The van der Waals surface area contributed by atoms with Crippen LogP contribution in [0.5, 0.6) is 11.5 Å². The zero-order valence-corrected chi connectivity index (χ0v) is 11.1. The van der Waals surface area contributed by atoms with E-state index in [9.17, 15) is 4.79 Å². The van der Waals surface area contributed by atoms with Crippen LogP contribution in [0.2, 0.25) is 0 Å². The lowest BCUT2D eigenvalue weighted by molar-refractivity contribution is 0.102. The number of ether oxygens (including phenoxy) is 2. The first kappa shape index (κ1) is 12.5. The molecule has 20 heavy (non-hydrogen) atoms. The van der Waals surface area contributed by atoms with Crippen LogP contribution in [0.25, 0.3) is 0 Å². The van der Waals surface area contributed by atoms with Crippen LogP contribution in [0.15, 0.2) is 36.4 Å². The van der Waals surface area contributed by atoms with Gasteiger partial charge in [0.15, 0.2) is 11.5 Å². The SMILES string of the molecule is Cc1cccc(C(=O)Nc2ccc3c(c2)OCCO3)n1. The fraction of sp³-hybridized carbons (Fsp3) is 0.200. The van der Waals surface area contributed by atoms with Gasteiger partial charge in [0.05, 0.1) is 0 Å². The van der Waals surface area contributed by atoms with E-state index in [0.29, 0.717) is 36.1 Å². The van der Waals surface area contributed by atoms with Gasteiger partial charge in [0.1, 0.15) is 18.9 Å². The summed E-state index contributed by atoms with van der Waals surface area (Å²) in [5.74, 6) is 1.10. The Morgan fingerprint density at radius 1 is 1.15 bits per heavy atom. The van der Waals surface area contributed by atoms with Crippen LogP contribution in [-0.2, 0) is 0 Å². The van der Waals surface area contributed by atoms with Gasteiger partial charge in [-0.3, -0.25) is 4.79 Å². The number of carbonyl (C=O) groups is 1. The summed E-state index contributed by atoms with van der Waals surface area (Å²) >= 11 is 0. The number of hydrogen-bond acceptors (Lipinski definition) is 4. The maximum absolute atomic E-state index is 12.1. The molecule has 2 aromatic rings. The Labute approximate surface area is 116 Å². The highest BCUT2D eigenvalue weighted by atomic mass is 16.6. The van der Waals surface area contributed by atoms with E-state index in [1.165, 1.54) is 0 Å². The van der Waals surface area contributed by atoms with Gasteiger partial charge in [-0.15, -0.1) is 0 Å². The number of pyridine rings is 1. The average Bonchev–Trinajstić information content (AvgIpc) is 2.47. The first-order chi connectivity index (χ1) is 9.72. The maximum atomic E-state index is 12.1. The maximum Gasteiger partial charge on any atom is 0.274 e. The fourth-order valence-corrected chi connectivity index (χ4v) is 1.99. The predicted molar refractivity (Wildman–Crippen MR) is 74.4 cm³/mol. The normalized spacial score (nSPS) is 12.8. The third-order valence-corrected chi connectivity index (χ3v) is 2.92. The van der Waals surface area contributed by atoms with E-state index in [1.54, 1.807) is 30.3 Å². The van der Waals surface area contributed by atoms with Crippen LogP contribution >= 0.6 is 0 Å². The number of nitrogens with zero attached hydrogens (tertiary/aromatic N) is 1. The van der Waals surface area contributed by atoms with Crippen LogP contribution in [0.1, 0.15) is 16.2 Å². The molecule has 5 heteroatoms. The van der Waals surface area contributed by atoms with E-state index in [4.69, 9.17) is 9.47 Å². The van der Waals surface area contributed by atoms with E-state index in [1.807, 2.05) is 13.0 Å². The van der Waals surface area contributed by atoms with Crippen molar-refractivity contribution in [1.29, 1.82) is 0 Å². The van der Waals surface area contributed by atoms with Crippen molar-refractivity contribution in [3.63, 3.8) is 0 Å². The molecule has 0 unspecified atom stereocenters. The quantitative estimate of drug-likeness (QED) is 0.910. The second kappa shape index (κ2) is 5.21. The first-order valence-electron chi connectivity index (χ1n) is 6.37. The highest BCUT2D eigenvalue weighted by Gasteiger charge is 2.13. The van der Waals surface area contributed by atoms with Gasteiger partial charge in [-0.2, -0.15) is 0 Å². The number of nitrogens with one attached hydrogen (secondary N) is 1. The topological polar surface area (TPSA) is 60.5 Å². The zero-order chi connectivity index (χ0) is 13.9. The van der Waals surface area contributed by atoms with Crippen molar-refractivity contribution in [1.82, 2.24) is 4.98 Å². The summed E-state index contributed by atoms with van der Waals surface area (Å²) in [5, 5.41) is 2.80. The molecule has 3 rings (SSSR count). The van der Waals surface area contributed by atoms with E-state index in [2.05, 4.69) is 10.3 Å². The minimum atomic E-state index is -0.245. The van der Waals surface area contributed by atoms with Gasteiger partial charge < -0.3 is 14.8 Å². The molecule has 0 fully saturated rings. The number of aromatic nitrogens is 1. The number of benzene rings is 1. The minimum Gasteiger partial charge on any atom is -0.486 e. The summed E-state index contributed by atoms with van der Waals surface area (Å²) in [6, 6.07) is 10.7. The van der Waals surface area contributed by atoms with Crippen LogP contribution < -0.4 is 14.8 Å². The Morgan fingerprint density at radius 3 is 2.75 bits per heavy atom. The van der Waals surface area contributed by atoms with Gasteiger partial charge in [0, 0.05) is 17.4 Å². The molecule has 1 aromatic carbocycles. The summed E-state index contributed by atoms with van der Waals surface area (Å²) in [7, 11) is 0. The molecule has 0 atom stereocenters. The highest BCUT2D eigenvalue weighted by Crippen LogP contribution is 2.32. The van der Waals surface area contributed by atoms with Crippen molar-refractivity contribution in [2.45, 2.75) is 6.92 Å². The zero-order valence-electron chi connectivity index (χ0n) is 11.1. The number of fused-ring (bicyclic) bond motifs is 1. The molecule has 2 heterocycles. The number of carbonyl (C=O) groups excluding carboxylic acids is 1. The molecule has 1 aliphatic rings. The van der Waals surface area contributed by atoms with Crippen molar-refractivity contribution in [3.8, 4) is 11.5 Å². The summed E-state index contributed by atoms with van der Waals surface area (Å²) in [6.45, 7) is 2.91. The van der Waals surface area contributed by atoms with Crippen LogP contribution in [0, 0.1) is 6.92 Å². The lowest BCUT2D eigenvalue weighted by atomic mass is 10.2. The predicted octanol–water partition coefficient (Wildman–Crippen LogP) is 2.41. The number of aryl methyl sites for hydroxylation is 1. The van der Waals surface area contributed by atoms with Gasteiger partial charge in [-0.25, -0.2) is 4.98 Å². The third-order valence-electron chi connectivity index (χ3n) is 2.92. The van der Waals surface area contributed by atoms with E-state index in [0.717, 1.165) is 5.69 Å². The molecule has 0 radical (unpaired) electrons. The van der Waals surface area contributed by atoms with Crippen molar-refractivity contribution < 1.29 is 14.3 Å². The summed E-state index contributed by atoms with van der Waals surface area (Å²) in [4.78, 5) is 16.3. The molecule has 102 valence electrons. The molecule has 0 bridgehead atoms. The Morgan fingerprint density at radius 2 is 1.95 bits per heavy atom. The van der Waals surface area contributed by atoms with Gasteiger partial charge in [0.25, 0.3) is 5.91 Å². The lowest BCUT2D eigenvalue weighted by Crippen LogP contribution is -2.17. The van der Waals surface area contributed by atoms with E-state index < -0.39 is 0 Å². The molecule has 0 saturated heterocycles. The molecule has 1 amide bonds. The van der Waals surface area contributed by atoms with Crippen molar-refractivity contribution in [2.75, 3.05) is 18.5 Å². The number of anilines is 1. The number of amides is 1. The summed E-state index contributed by atoms with van der Waals surface area (Å²) in [6.07, 6.45) is 0. The molecular weight excluding hydrogens is 256 g/mol. The largest absolute Gasteiger partial charge is 0.486 e.